The van der Waals surface area contributed by atoms with E-state index in [2.05, 4.69) is 39.8 Å². The monoisotopic (exact) mass is 480 g/mol. The lowest BCUT2D eigenvalue weighted by molar-refractivity contribution is 0.0954. The number of thiazole rings is 1. The Bertz CT molecular complexity index is 1100. The van der Waals surface area contributed by atoms with Crippen molar-refractivity contribution in [3.8, 4) is 0 Å². The van der Waals surface area contributed by atoms with Gasteiger partial charge in [0.25, 0.3) is 11.8 Å². The molecule has 2 aromatic heterocycles. The minimum Gasteiger partial charge on any atom is -0.351 e. The molecule has 0 aliphatic rings. The summed E-state index contributed by atoms with van der Waals surface area (Å²) in [5, 5.41) is 14.8. The molecule has 0 spiro atoms. The summed E-state index contributed by atoms with van der Waals surface area (Å²) in [4.78, 5) is 29.3. The third kappa shape index (κ3) is 6.03. The zero-order valence-electron chi connectivity index (χ0n) is 17.3. The summed E-state index contributed by atoms with van der Waals surface area (Å²) in [6, 6.07) is 5.28. The van der Waals surface area contributed by atoms with Gasteiger partial charge in [-0.25, -0.2) is 9.67 Å². The van der Waals surface area contributed by atoms with E-state index < -0.39 is 5.91 Å². The number of aromatic nitrogens is 4. The van der Waals surface area contributed by atoms with Gasteiger partial charge in [-0.2, -0.15) is 0 Å². The molecule has 0 bridgehead atoms. The number of benzene rings is 1. The SMILES string of the molecule is Cc1c(C(=O)Nc2ncc(C(=O)NCCC(C)C)s2)nnn1Cc1ccc(Cl)c(Cl)c1. The van der Waals surface area contributed by atoms with Crippen LogP contribution in [-0.4, -0.2) is 38.3 Å². The van der Waals surface area contributed by atoms with Gasteiger partial charge < -0.3 is 5.32 Å². The predicted octanol–water partition coefficient (Wildman–Crippen LogP) is 4.43. The van der Waals surface area contributed by atoms with E-state index in [4.69, 9.17) is 23.2 Å². The van der Waals surface area contributed by atoms with Gasteiger partial charge in [0.1, 0.15) is 4.88 Å². The van der Waals surface area contributed by atoms with Crippen molar-refractivity contribution in [3.05, 3.63) is 56.3 Å². The second-order valence-electron chi connectivity index (χ2n) is 7.35. The van der Waals surface area contributed by atoms with Crippen molar-refractivity contribution >= 4 is 51.5 Å². The Morgan fingerprint density at radius 2 is 1.97 bits per heavy atom. The smallest absolute Gasteiger partial charge is 0.279 e. The third-order valence-electron chi connectivity index (χ3n) is 4.47. The Labute approximate surface area is 194 Å². The topological polar surface area (TPSA) is 102 Å². The Kier molecular flexibility index (Phi) is 7.64. The van der Waals surface area contributed by atoms with E-state index >= 15 is 0 Å². The van der Waals surface area contributed by atoms with Crippen LogP contribution in [0.4, 0.5) is 5.13 Å². The molecule has 0 aliphatic carbocycles. The minimum absolute atomic E-state index is 0.179. The van der Waals surface area contributed by atoms with Crippen LogP contribution in [0.5, 0.6) is 0 Å². The average molecular weight is 481 g/mol. The van der Waals surface area contributed by atoms with Gasteiger partial charge >= 0.3 is 0 Å². The Morgan fingerprint density at radius 3 is 2.68 bits per heavy atom. The van der Waals surface area contributed by atoms with E-state index in [0.717, 1.165) is 23.3 Å². The van der Waals surface area contributed by atoms with E-state index in [1.54, 1.807) is 23.7 Å². The second kappa shape index (κ2) is 10.2. The Hall–Kier alpha value is -2.49. The number of nitrogens with one attached hydrogen (secondary N) is 2. The van der Waals surface area contributed by atoms with E-state index in [1.165, 1.54) is 6.20 Å². The van der Waals surface area contributed by atoms with Gasteiger partial charge in [-0.3, -0.25) is 14.9 Å². The first kappa shape index (κ1) is 23.2. The second-order valence-corrected chi connectivity index (χ2v) is 9.20. The van der Waals surface area contributed by atoms with Crippen molar-refractivity contribution in [2.24, 2.45) is 5.92 Å². The normalized spacial score (nSPS) is 11.0. The first-order valence-corrected chi connectivity index (χ1v) is 11.2. The number of hydrogen-bond donors (Lipinski definition) is 2. The fourth-order valence-electron chi connectivity index (χ4n) is 2.69. The molecule has 2 heterocycles. The molecule has 31 heavy (non-hydrogen) atoms. The van der Waals surface area contributed by atoms with E-state index in [9.17, 15) is 9.59 Å². The maximum Gasteiger partial charge on any atom is 0.279 e. The summed E-state index contributed by atoms with van der Waals surface area (Å²) in [5.74, 6) is -0.147. The summed E-state index contributed by atoms with van der Waals surface area (Å²) in [5.41, 5.74) is 1.65. The van der Waals surface area contributed by atoms with Crippen LogP contribution >= 0.6 is 34.5 Å². The van der Waals surface area contributed by atoms with E-state index in [0.29, 0.717) is 44.8 Å². The highest BCUT2D eigenvalue weighted by Gasteiger charge is 2.19. The average Bonchev–Trinajstić information content (AvgIpc) is 3.31. The zero-order valence-corrected chi connectivity index (χ0v) is 19.6. The largest absolute Gasteiger partial charge is 0.351 e. The quantitative estimate of drug-likeness (QED) is 0.496. The molecule has 2 N–H and O–H groups in total. The number of anilines is 1. The van der Waals surface area contributed by atoms with Gasteiger partial charge in [-0.1, -0.05) is 59.7 Å². The van der Waals surface area contributed by atoms with Crippen LogP contribution in [0, 0.1) is 12.8 Å². The molecule has 2 amide bonds. The fourth-order valence-corrected chi connectivity index (χ4v) is 3.73. The van der Waals surface area contributed by atoms with Crippen molar-refractivity contribution in [1.82, 2.24) is 25.3 Å². The lowest BCUT2D eigenvalue weighted by atomic mass is 10.1. The van der Waals surface area contributed by atoms with Gasteiger partial charge in [-0.15, -0.1) is 5.10 Å². The molecule has 1 aromatic carbocycles. The summed E-state index contributed by atoms with van der Waals surface area (Å²) in [6.07, 6.45) is 2.34. The van der Waals surface area contributed by atoms with Crippen molar-refractivity contribution in [1.29, 1.82) is 0 Å². The van der Waals surface area contributed by atoms with Crippen LogP contribution in [0.1, 0.15) is 51.7 Å². The maximum absolute atomic E-state index is 12.6. The molecule has 0 unspecified atom stereocenters. The van der Waals surface area contributed by atoms with E-state index in [-0.39, 0.29) is 11.6 Å². The number of amides is 2. The van der Waals surface area contributed by atoms with Gasteiger partial charge in [0.2, 0.25) is 0 Å². The van der Waals surface area contributed by atoms with Crippen molar-refractivity contribution < 1.29 is 9.59 Å². The van der Waals surface area contributed by atoms with Crippen LogP contribution in [0.3, 0.4) is 0 Å². The van der Waals surface area contributed by atoms with Crippen molar-refractivity contribution in [2.75, 3.05) is 11.9 Å². The predicted molar refractivity (Wildman–Crippen MR) is 122 cm³/mol. The third-order valence-corrected chi connectivity index (χ3v) is 6.12. The Morgan fingerprint density at radius 1 is 1.19 bits per heavy atom. The Balaban J connectivity index is 1.63. The summed E-state index contributed by atoms with van der Waals surface area (Å²) in [6.45, 7) is 6.92. The molecule has 11 heteroatoms. The summed E-state index contributed by atoms with van der Waals surface area (Å²) < 4.78 is 1.60. The molecule has 0 aliphatic heterocycles. The molecule has 0 atom stereocenters. The van der Waals surface area contributed by atoms with Gasteiger partial charge in [0, 0.05) is 6.54 Å². The molecular weight excluding hydrogens is 459 g/mol. The van der Waals surface area contributed by atoms with Crippen molar-refractivity contribution in [2.45, 2.75) is 33.7 Å². The molecule has 0 saturated heterocycles. The number of nitrogens with zero attached hydrogens (tertiary/aromatic N) is 4. The lowest BCUT2D eigenvalue weighted by Gasteiger charge is -2.06. The van der Waals surface area contributed by atoms with Crippen LogP contribution in [0.25, 0.3) is 0 Å². The first-order chi connectivity index (χ1) is 14.7. The molecule has 3 rings (SSSR count). The molecule has 0 radical (unpaired) electrons. The fraction of sp³-hybridized carbons (Fsp3) is 0.350. The lowest BCUT2D eigenvalue weighted by Crippen LogP contribution is -2.24. The molecule has 164 valence electrons. The first-order valence-electron chi connectivity index (χ1n) is 9.64. The van der Waals surface area contributed by atoms with E-state index in [1.807, 2.05) is 6.07 Å². The number of carbonyl (C=O) groups is 2. The maximum atomic E-state index is 12.6. The van der Waals surface area contributed by atoms with Crippen LogP contribution in [0.15, 0.2) is 24.4 Å². The summed E-state index contributed by atoms with van der Waals surface area (Å²) >= 11 is 13.1. The van der Waals surface area contributed by atoms with Crippen molar-refractivity contribution in [3.63, 3.8) is 0 Å². The minimum atomic E-state index is -0.445. The molecule has 0 fully saturated rings. The number of rotatable bonds is 8. The van der Waals surface area contributed by atoms with Gasteiger partial charge in [0.15, 0.2) is 10.8 Å². The standard InChI is InChI=1S/C20H22Cl2N6O2S/c1-11(2)6-7-23-18(29)16-9-24-20(31-16)25-19(30)17-12(3)28(27-26-17)10-13-4-5-14(21)15(22)8-13/h4-5,8-9,11H,6-7,10H2,1-3H3,(H,23,29)(H,24,25,30). The number of hydrogen-bond acceptors (Lipinski definition) is 6. The van der Waals surface area contributed by atoms with Crippen LogP contribution in [0.2, 0.25) is 10.0 Å². The molecule has 0 saturated carbocycles. The molecule has 3 aromatic rings. The highest BCUT2D eigenvalue weighted by atomic mass is 35.5. The highest BCUT2D eigenvalue weighted by Crippen LogP contribution is 2.23. The van der Waals surface area contributed by atoms with Crippen LogP contribution < -0.4 is 10.6 Å². The molecular formula is C20H22Cl2N6O2S. The highest BCUT2D eigenvalue weighted by molar-refractivity contribution is 7.17. The summed E-state index contributed by atoms with van der Waals surface area (Å²) in [7, 11) is 0. The van der Waals surface area contributed by atoms with Gasteiger partial charge in [-0.05, 0) is 37.0 Å². The van der Waals surface area contributed by atoms with Crippen LogP contribution in [-0.2, 0) is 6.54 Å². The number of carbonyl (C=O) groups excluding carboxylic acids is 2. The molecule has 8 nitrogen and oxygen atoms in total. The number of halogens is 2. The van der Waals surface area contributed by atoms with Gasteiger partial charge in [0.05, 0.1) is 28.5 Å². The zero-order chi connectivity index (χ0) is 22.5.